The number of aromatic nitrogens is 4. The summed E-state index contributed by atoms with van der Waals surface area (Å²) in [5.41, 5.74) is 4.04. The molecule has 0 saturated heterocycles. The number of oxazole rings is 1. The molecule has 0 spiro atoms. The fourth-order valence-electron chi connectivity index (χ4n) is 3.88. The highest BCUT2D eigenvalue weighted by Crippen LogP contribution is 2.33. The molecule has 9 nitrogen and oxygen atoms in total. The Morgan fingerprint density at radius 3 is 2.56 bits per heavy atom. The van der Waals surface area contributed by atoms with Crippen LogP contribution in [0.3, 0.4) is 0 Å². The quantitative estimate of drug-likeness (QED) is 0.290. The first kappa shape index (κ1) is 23.6. The number of fused-ring (bicyclic) bond motifs is 1. The number of hydrogen-bond donors (Lipinski definition) is 1. The molecular weight excluding hydrogens is 478 g/mol. The molecule has 0 radical (unpaired) electrons. The van der Waals surface area contributed by atoms with Gasteiger partial charge in [0.05, 0.1) is 23.5 Å². The number of imidazole rings is 1. The third-order valence-electron chi connectivity index (χ3n) is 5.78. The van der Waals surface area contributed by atoms with Crippen LogP contribution in [0.1, 0.15) is 12.0 Å². The molecule has 0 fully saturated rings. The van der Waals surface area contributed by atoms with Gasteiger partial charge in [-0.15, -0.1) is 0 Å². The molecule has 2 aromatic carbocycles. The lowest BCUT2D eigenvalue weighted by Crippen LogP contribution is -2.13. The molecule has 0 amide bonds. The summed E-state index contributed by atoms with van der Waals surface area (Å²) in [5, 5.41) is 3.14. The van der Waals surface area contributed by atoms with Crippen molar-refractivity contribution in [3.8, 4) is 28.4 Å². The standard InChI is InChI=1S/C26H25N5O4S/c1-18-4-10-21(11-5-18)36(32,33)17-3-13-27-25-28-14-12-22(29-25)24-23(30-26-31(24)15-16-35-26)19-6-8-20(34-2)9-7-19/h4-12,14-16H,3,13,17H2,1-2H3,(H,27,28,29). The number of sulfone groups is 1. The number of methoxy groups -OCH3 is 1. The van der Waals surface area contributed by atoms with E-state index in [1.807, 2.05) is 35.6 Å². The van der Waals surface area contributed by atoms with Gasteiger partial charge >= 0.3 is 5.84 Å². The first-order valence-corrected chi connectivity index (χ1v) is 13.1. The first-order chi connectivity index (χ1) is 17.4. The van der Waals surface area contributed by atoms with Crippen molar-refractivity contribution in [2.45, 2.75) is 18.2 Å². The molecule has 5 aromatic rings. The van der Waals surface area contributed by atoms with Gasteiger partial charge < -0.3 is 14.5 Å². The monoisotopic (exact) mass is 503 g/mol. The van der Waals surface area contributed by atoms with Crippen LogP contribution < -0.4 is 10.1 Å². The van der Waals surface area contributed by atoms with Gasteiger partial charge in [-0.1, -0.05) is 17.7 Å². The summed E-state index contributed by atoms with van der Waals surface area (Å²) < 4.78 is 37.8. The molecule has 1 N–H and O–H groups in total. The summed E-state index contributed by atoms with van der Waals surface area (Å²) in [6.07, 6.45) is 5.43. The average Bonchev–Trinajstić information content (AvgIpc) is 3.49. The van der Waals surface area contributed by atoms with E-state index in [2.05, 4.69) is 20.3 Å². The Morgan fingerprint density at radius 2 is 1.81 bits per heavy atom. The maximum atomic E-state index is 12.6. The molecule has 0 bridgehead atoms. The van der Waals surface area contributed by atoms with Gasteiger partial charge in [0, 0.05) is 24.5 Å². The molecule has 0 atom stereocenters. The van der Waals surface area contributed by atoms with E-state index in [1.54, 1.807) is 56.1 Å². The van der Waals surface area contributed by atoms with Crippen molar-refractivity contribution in [3.63, 3.8) is 0 Å². The predicted molar refractivity (Wildman–Crippen MR) is 137 cm³/mol. The maximum Gasteiger partial charge on any atom is 0.306 e. The Bertz CT molecular complexity index is 1590. The van der Waals surface area contributed by atoms with E-state index >= 15 is 0 Å². The Kier molecular flexibility index (Phi) is 6.43. The van der Waals surface area contributed by atoms with Gasteiger partial charge in [0.1, 0.15) is 23.4 Å². The zero-order chi connectivity index (χ0) is 25.1. The van der Waals surface area contributed by atoms with Gasteiger partial charge in [0.2, 0.25) is 5.95 Å². The third-order valence-corrected chi connectivity index (χ3v) is 7.59. The molecule has 184 valence electrons. The summed E-state index contributed by atoms with van der Waals surface area (Å²) in [6.45, 7) is 2.34. The van der Waals surface area contributed by atoms with Gasteiger partial charge in [-0.25, -0.2) is 18.4 Å². The first-order valence-electron chi connectivity index (χ1n) is 11.4. The van der Waals surface area contributed by atoms with Crippen LogP contribution >= 0.6 is 0 Å². The van der Waals surface area contributed by atoms with Crippen LogP contribution in [0.15, 0.2) is 82.6 Å². The minimum atomic E-state index is -3.35. The summed E-state index contributed by atoms with van der Waals surface area (Å²) >= 11 is 0. The second-order valence-corrected chi connectivity index (χ2v) is 10.4. The number of nitrogens with one attached hydrogen (secondary N) is 1. The van der Waals surface area contributed by atoms with Gasteiger partial charge in [-0.2, -0.15) is 4.98 Å². The van der Waals surface area contributed by atoms with Crippen molar-refractivity contribution in [1.82, 2.24) is 19.4 Å². The van der Waals surface area contributed by atoms with Crippen molar-refractivity contribution in [2.24, 2.45) is 0 Å². The van der Waals surface area contributed by atoms with Crippen molar-refractivity contribution in [1.29, 1.82) is 0 Å². The van der Waals surface area contributed by atoms with Crippen LogP contribution in [0.2, 0.25) is 0 Å². The lowest BCUT2D eigenvalue weighted by Gasteiger charge is -2.09. The predicted octanol–water partition coefficient (Wildman–Crippen LogP) is 4.64. The molecule has 3 aromatic heterocycles. The highest BCUT2D eigenvalue weighted by Gasteiger charge is 2.20. The van der Waals surface area contributed by atoms with E-state index in [0.717, 1.165) is 22.6 Å². The average molecular weight is 504 g/mol. The normalized spacial score (nSPS) is 11.6. The molecule has 0 saturated carbocycles. The Labute approximate surface area is 208 Å². The second-order valence-electron chi connectivity index (χ2n) is 8.27. The van der Waals surface area contributed by atoms with Gasteiger partial charge in [-0.05, 0) is 55.8 Å². The number of hydrogen-bond acceptors (Lipinski definition) is 8. The fourth-order valence-corrected chi connectivity index (χ4v) is 5.19. The number of aryl methyl sites for hydroxylation is 1. The van der Waals surface area contributed by atoms with Crippen LogP contribution in [-0.2, 0) is 9.84 Å². The summed E-state index contributed by atoms with van der Waals surface area (Å²) in [6, 6.07) is 16.3. The molecule has 5 rings (SSSR count). The summed E-state index contributed by atoms with van der Waals surface area (Å²) in [4.78, 5) is 14.0. The van der Waals surface area contributed by atoms with E-state index in [0.29, 0.717) is 41.0 Å². The fraction of sp³-hybridized carbons (Fsp3) is 0.192. The van der Waals surface area contributed by atoms with Crippen LogP contribution in [0.4, 0.5) is 5.95 Å². The molecular formula is C26H25N5O4S. The van der Waals surface area contributed by atoms with E-state index in [4.69, 9.17) is 9.15 Å². The van der Waals surface area contributed by atoms with Crippen molar-refractivity contribution >= 4 is 21.6 Å². The maximum absolute atomic E-state index is 12.6. The highest BCUT2D eigenvalue weighted by atomic mass is 32.2. The molecule has 0 aliphatic rings. The Morgan fingerprint density at radius 1 is 1.03 bits per heavy atom. The Hall–Kier alpha value is -4.18. The van der Waals surface area contributed by atoms with Crippen LogP contribution in [0.5, 0.6) is 5.75 Å². The summed E-state index contributed by atoms with van der Waals surface area (Å²) in [5.74, 6) is 1.63. The van der Waals surface area contributed by atoms with Crippen LogP contribution in [0.25, 0.3) is 28.5 Å². The van der Waals surface area contributed by atoms with Crippen molar-refractivity contribution in [2.75, 3.05) is 24.7 Å². The van der Waals surface area contributed by atoms with E-state index < -0.39 is 9.84 Å². The van der Waals surface area contributed by atoms with Crippen molar-refractivity contribution < 1.29 is 17.6 Å². The van der Waals surface area contributed by atoms with Gasteiger partial charge in [0.25, 0.3) is 0 Å². The molecule has 0 aliphatic heterocycles. The topological polar surface area (TPSA) is 112 Å². The van der Waals surface area contributed by atoms with Crippen LogP contribution in [-0.4, -0.2) is 47.2 Å². The SMILES string of the molecule is COc1ccc(-c2nc3occn3c2-c2ccnc(NCCCS(=O)(=O)c3ccc(C)cc3)n2)cc1. The molecule has 0 unspecified atom stereocenters. The van der Waals surface area contributed by atoms with Crippen molar-refractivity contribution in [3.05, 3.63) is 78.8 Å². The zero-order valence-corrected chi connectivity index (χ0v) is 20.7. The lowest BCUT2D eigenvalue weighted by molar-refractivity contribution is 0.415. The molecule has 0 aliphatic carbocycles. The molecule has 36 heavy (non-hydrogen) atoms. The van der Waals surface area contributed by atoms with E-state index in [1.165, 1.54) is 0 Å². The minimum absolute atomic E-state index is 0.0304. The number of rotatable bonds is 9. The smallest absolute Gasteiger partial charge is 0.306 e. The number of benzene rings is 2. The van der Waals surface area contributed by atoms with E-state index in [9.17, 15) is 8.42 Å². The van der Waals surface area contributed by atoms with E-state index in [-0.39, 0.29) is 5.75 Å². The zero-order valence-electron chi connectivity index (χ0n) is 19.9. The number of anilines is 1. The lowest BCUT2D eigenvalue weighted by atomic mass is 10.1. The highest BCUT2D eigenvalue weighted by molar-refractivity contribution is 7.91. The number of ether oxygens (including phenoxy) is 1. The van der Waals surface area contributed by atoms with Gasteiger partial charge in [0.15, 0.2) is 9.84 Å². The number of nitrogens with zero attached hydrogens (tertiary/aromatic N) is 4. The third kappa shape index (κ3) is 4.80. The largest absolute Gasteiger partial charge is 0.497 e. The summed E-state index contributed by atoms with van der Waals surface area (Å²) in [7, 11) is -1.72. The van der Waals surface area contributed by atoms with Gasteiger partial charge in [-0.3, -0.25) is 4.40 Å². The Balaban J connectivity index is 1.34. The molecule has 3 heterocycles. The second kappa shape index (κ2) is 9.82. The molecule has 10 heteroatoms. The van der Waals surface area contributed by atoms with Crippen LogP contribution in [0, 0.1) is 6.92 Å². The minimum Gasteiger partial charge on any atom is -0.497 e.